The molecule has 0 heterocycles. The summed E-state index contributed by atoms with van der Waals surface area (Å²) < 4.78 is 11.0. The number of hydrogen-bond acceptors (Lipinski definition) is 3. The average molecular weight is 339 g/mol. The van der Waals surface area contributed by atoms with Crippen molar-refractivity contribution in [3.8, 4) is 11.5 Å². The van der Waals surface area contributed by atoms with E-state index in [4.69, 9.17) is 9.47 Å². The van der Waals surface area contributed by atoms with Crippen LogP contribution in [-0.4, -0.2) is 19.1 Å². The average Bonchev–Trinajstić information content (AvgIpc) is 2.57. The summed E-state index contributed by atoms with van der Waals surface area (Å²) in [6.07, 6.45) is 3.32. The lowest BCUT2D eigenvalue weighted by molar-refractivity contribution is -0.111. The second-order valence-corrected chi connectivity index (χ2v) is 6.20. The molecule has 0 aromatic heterocycles. The highest BCUT2D eigenvalue weighted by Gasteiger charge is 2.07. The van der Waals surface area contributed by atoms with E-state index in [1.54, 1.807) is 13.2 Å². The lowest BCUT2D eigenvalue weighted by Gasteiger charge is -2.13. The van der Waals surface area contributed by atoms with Crippen molar-refractivity contribution in [2.75, 3.05) is 12.4 Å². The summed E-state index contributed by atoms with van der Waals surface area (Å²) in [4.78, 5) is 12.1. The van der Waals surface area contributed by atoms with Crippen LogP contribution in [0.2, 0.25) is 0 Å². The molecule has 0 radical (unpaired) electrons. The van der Waals surface area contributed by atoms with Gasteiger partial charge in [-0.1, -0.05) is 12.1 Å². The van der Waals surface area contributed by atoms with Gasteiger partial charge >= 0.3 is 0 Å². The maximum Gasteiger partial charge on any atom is 0.248 e. The van der Waals surface area contributed by atoms with Crippen molar-refractivity contribution in [1.82, 2.24) is 0 Å². The minimum atomic E-state index is -0.176. The highest BCUT2D eigenvalue weighted by molar-refractivity contribution is 6.02. The van der Waals surface area contributed by atoms with E-state index in [1.807, 2.05) is 64.1 Å². The fraction of sp³-hybridized carbons (Fsp3) is 0.286. The van der Waals surface area contributed by atoms with Crippen molar-refractivity contribution in [2.24, 2.45) is 0 Å². The van der Waals surface area contributed by atoms with Gasteiger partial charge in [-0.2, -0.15) is 0 Å². The molecule has 0 atom stereocenters. The number of benzene rings is 2. The molecule has 0 saturated carbocycles. The number of amides is 1. The number of ether oxygens (including phenoxy) is 2. The largest absolute Gasteiger partial charge is 0.493 e. The van der Waals surface area contributed by atoms with Crippen molar-refractivity contribution in [2.45, 2.75) is 33.8 Å². The van der Waals surface area contributed by atoms with Crippen LogP contribution in [0.3, 0.4) is 0 Å². The first-order valence-electron chi connectivity index (χ1n) is 8.30. The van der Waals surface area contributed by atoms with Crippen LogP contribution in [0, 0.1) is 13.8 Å². The summed E-state index contributed by atoms with van der Waals surface area (Å²) in [7, 11) is 1.60. The Balaban J connectivity index is 2.07. The molecule has 4 heteroatoms. The molecule has 2 aromatic rings. The first kappa shape index (κ1) is 18.6. The van der Waals surface area contributed by atoms with E-state index in [2.05, 4.69) is 5.32 Å². The second kappa shape index (κ2) is 8.38. The quantitative estimate of drug-likeness (QED) is 0.773. The van der Waals surface area contributed by atoms with E-state index in [0.717, 1.165) is 16.8 Å². The number of anilines is 1. The topological polar surface area (TPSA) is 47.6 Å². The van der Waals surface area contributed by atoms with Gasteiger partial charge < -0.3 is 14.8 Å². The lowest BCUT2D eigenvalue weighted by Crippen LogP contribution is -2.08. The van der Waals surface area contributed by atoms with Gasteiger partial charge in [0, 0.05) is 11.8 Å². The molecular weight excluding hydrogens is 314 g/mol. The van der Waals surface area contributed by atoms with E-state index in [-0.39, 0.29) is 12.0 Å². The maximum absolute atomic E-state index is 12.1. The van der Waals surface area contributed by atoms with Crippen LogP contribution in [0.5, 0.6) is 11.5 Å². The zero-order chi connectivity index (χ0) is 18.4. The van der Waals surface area contributed by atoms with E-state index in [9.17, 15) is 4.79 Å². The highest BCUT2D eigenvalue weighted by Crippen LogP contribution is 2.29. The second-order valence-electron chi connectivity index (χ2n) is 6.20. The SMILES string of the molecule is COc1cc(C=CC(=O)Nc2ccc(C)c(C)c2)ccc1OC(C)C. The smallest absolute Gasteiger partial charge is 0.248 e. The van der Waals surface area contributed by atoms with Gasteiger partial charge in [-0.05, 0) is 74.7 Å². The minimum absolute atomic E-state index is 0.0686. The molecule has 0 saturated heterocycles. The molecule has 0 spiro atoms. The first-order valence-corrected chi connectivity index (χ1v) is 8.30. The van der Waals surface area contributed by atoms with Crippen LogP contribution in [0.15, 0.2) is 42.5 Å². The predicted molar refractivity (Wildman–Crippen MR) is 102 cm³/mol. The fourth-order valence-corrected chi connectivity index (χ4v) is 2.31. The number of carbonyl (C=O) groups is 1. The Morgan fingerprint density at radius 2 is 1.80 bits per heavy atom. The lowest BCUT2D eigenvalue weighted by atomic mass is 10.1. The van der Waals surface area contributed by atoms with Crippen molar-refractivity contribution in [3.63, 3.8) is 0 Å². The Kier molecular flexibility index (Phi) is 6.23. The zero-order valence-electron chi connectivity index (χ0n) is 15.4. The molecule has 2 aromatic carbocycles. The molecule has 132 valence electrons. The van der Waals surface area contributed by atoms with E-state index >= 15 is 0 Å². The van der Waals surface area contributed by atoms with Gasteiger partial charge in [0.05, 0.1) is 13.2 Å². The van der Waals surface area contributed by atoms with Gasteiger partial charge in [-0.25, -0.2) is 0 Å². The Morgan fingerprint density at radius 3 is 2.44 bits per heavy atom. The standard InChI is InChI=1S/C21H25NO3/c1-14(2)25-19-10-7-17(13-20(19)24-5)8-11-21(23)22-18-9-6-15(3)16(4)12-18/h6-14H,1-5H3,(H,22,23). The van der Waals surface area contributed by atoms with Crippen molar-refractivity contribution in [1.29, 1.82) is 0 Å². The molecule has 0 aliphatic heterocycles. The molecule has 25 heavy (non-hydrogen) atoms. The van der Waals surface area contributed by atoms with Crippen molar-refractivity contribution >= 4 is 17.7 Å². The highest BCUT2D eigenvalue weighted by atomic mass is 16.5. The molecule has 0 bridgehead atoms. The number of methoxy groups -OCH3 is 1. The van der Waals surface area contributed by atoms with E-state index in [0.29, 0.717) is 11.5 Å². The Hall–Kier alpha value is -2.75. The molecule has 0 fully saturated rings. The summed E-state index contributed by atoms with van der Waals surface area (Å²) in [5, 5.41) is 2.86. The summed E-state index contributed by atoms with van der Waals surface area (Å²) >= 11 is 0. The first-order chi connectivity index (χ1) is 11.9. The number of aryl methyl sites for hydroxylation is 2. The van der Waals surface area contributed by atoms with Gasteiger partial charge in [0.15, 0.2) is 11.5 Å². The van der Waals surface area contributed by atoms with Gasteiger partial charge in [-0.3, -0.25) is 4.79 Å². The minimum Gasteiger partial charge on any atom is -0.493 e. The Labute approximate surface area is 149 Å². The van der Waals surface area contributed by atoms with E-state index in [1.165, 1.54) is 11.6 Å². The van der Waals surface area contributed by atoms with Crippen LogP contribution in [-0.2, 0) is 4.79 Å². The summed E-state index contributed by atoms with van der Waals surface area (Å²) in [6.45, 7) is 7.99. The number of hydrogen-bond donors (Lipinski definition) is 1. The molecule has 1 amide bonds. The number of nitrogens with one attached hydrogen (secondary N) is 1. The molecule has 1 N–H and O–H groups in total. The van der Waals surface area contributed by atoms with Gasteiger partial charge in [0.2, 0.25) is 5.91 Å². The van der Waals surface area contributed by atoms with Crippen LogP contribution in [0.1, 0.15) is 30.5 Å². The van der Waals surface area contributed by atoms with Gasteiger partial charge in [-0.15, -0.1) is 0 Å². The summed E-state index contributed by atoms with van der Waals surface area (Å²) in [5.41, 5.74) is 4.00. The van der Waals surface area contributed by atoms with Crippen LogP contribution in [0.4, 0.5) is 5.69 Å². The Bertz CT molecular complexity index is 779. The maximum atomic E-state index is 12.1. The molecule has 0 aliphatic carbocycles. The Morgan fingerprint density at radius 1 is 1.04 bits per heavy atom. The third-order valence-electron chi connectivity index (χ3n) is 3.75. The molecule has 0 aliphatic rings. The van der Waals surface area contributed by atoms with Crippen LogP contribution in [0.25, 0.3) is 6.08 Å². The fourth-order valence-electron chi connectivity index (χ4n) is 2.31. The van der Waals surface area contributed by atoms with Crippen molar-refractivity contribution in [3.05, 3.63) is 59.2 Å². The monoisotopic (exact) mass is 339 g/mol. The molecule has 2 rings (SSSR count). The van der Waals surface area contributed by atoms with E-state index < -0.39 is 0 Å². The number of carbonyl (C=O) groups excluding carboxylic acids is 1. The van der Waals surface area contributed by atoms with Crippen LogP contribution >= 0.6 is 0 Å². The summed E-state index contributed by atoms with van der Waals surface area (Å²) in [6, 6.07) is 11.4. The summed E-state index contributed by atoms with van der Waals surface area (Å²) in [5.74, 6) is 1.16. The third-order valence-corrected chi connectivity index (χ3v) is 3.75. The van der Waals surface area contributed by atoms with Gasteiger partial charge in [0.1, 0.15) is 0 Å². The normalized spacial score (nSPS) is 11.0. The van der Waals surface area contributed by atoms with Crippen LogP contribution < -0.4 is 14.8 Å². The molecular formula is C21H25NO3. The van der Waals surface area contributed by atoms with Crippen molar-refractivity contribution < 1.29 is 14.3 Å². The number of rotatable bonds is 6. The molecule has 4 nitrogen and oxygen atoms in total. The molecule has 0 unspecified atom stereocenters. The predicted octanol–water partition coefficient (Wildman–Crippen LogP) is 4.75. The third kappa shape index (κ3) is 5.38. The van der Waals surface area contributed by atoms with Gasteiger partial charge in [0.25, 0.3) is 0 Å². The zero-order valence-corrected chi connectivity index (χ0v) is 15.4.